The summed E-state index contributed by atoms with van der Waals surface area (Å²) >= 11 is 5.15. The molecule has 0 aromatic heterocycles. The summed E-state index contributed by atoms with van der Waals surface area (Å²) in [5.41, 5.74) is 0.873. The Kier molecular flexibility index (Phi) is 3.66. The van der Waals surface area contributed by atoms with E-state index in [1.165, 1.54) is 0 Å². The zero-order valence-corrected chi connectivity index (χ0v) is 11.0. The number of thiocarbonyl (C=S) groups is 1. The van der Waals surface area contributed by atoms with Gasteiger partial charge in [-0.1, -0.05) is 0 Å². The number of benzene rings is 1. The molecule has 0 radical (unpaired) electrons. The van der Waals surface area contributed by atoms with Gasteiger partial charge in [-0.15, -0.1) is 0 Å². The van der Waals surface area contributed by atoms with Gasteiger partial charge in [-0.25, -0.2) is 0 Å². The number of methoxy groups -OCH3 is 2. The lowest BCUT2D eigenvalue weighted by molar-refractivity contribution is -0.119. The predicted octanol–water partition coefficient (Wildman–Crippen LogP) is 1.31. The molecule has 0 unspecified atom stereocenters. The molecule has 0 saturated carbocycles. The molecule has 1 aromatic rings. The standard InChI is InChI=1S/C12H14N2O3S/c1-16-9-4-3-8(7-10(9)17-2)14-6-5-11(15)13-12(14)18/h3-4,7H,5-6H2,1-2H3,(H,13,15,18). The molecule has 0 aliphatic carbocycles. The maximum atomic E-state index is 11.2. The van der Waals surface area contributed by atoms with Crippen molar-refractivity contribution in [2.75, 3.05) is 25.7 Å². The molecule has 1 aliphatic rings. The van der Waals surface area contributed by atoms with Crippen LogP contribution in [0, 0.1) is 0 Å². The molecule has 1 saturated heterocycles. The molecule has 1 N–H and O–H groups in total. The summed E-state index contributed by atoms with van der Waals surface area (Å²) in [5, 5.41) is 3.06. The van der Waals surface area contributed by atoms with Crippen molar-refractivity contribution in [3.05, 3.63) is 18.2 Å². The third kappa shape index (κ3) is 2.38. The van der Waals surface area contributed by atoms with Crippen LogP contribution in [0.1, 0.15) is 6.42 Å². The van der Waals surface area contributed by atoms with E-state index >= 15 is 0 Å². The number of carbonyl (C=O) groups excluding carboxylic acids is 1. The van der Waals surface area contributed by atoms with E-state index in [2.05, 4.69) is 5.32 Å². The SMILES string of the molecule is COc1ccc(N2CCC(=O)NC2=S)cc1OC. The fourth-order valence-electron chi connectivity index (χ4n) is 1.80. The highest BCUT2D eigenvalue weighted by molar-refractivity contribution is 7.80. The maximum absolute atomic E-state index is 11.2. The van der Waals surface area contributed by atoms with E-state index in [1.54, 1.807) is 14.2 Å². The van der Waals surface area contributed by atoms with Crippen molar-refractivity contribution in [2.45, 2.75) is 6.42 Å². The minimum absolute atomic E-state index is 0.0447. The summed E-state index contributed by atoms with van der Waals surface area (Å²) in [5.74, 6) is 1.25. The minimum Gasteiger partial charge on any atom is -0.493 e. The van der Waals surface area contributed by atoms with Gasteiger partial charge in [0.2, 0.25) is 5.91 Å². The number of nitrogens with one attached hydrogen (secondary N) is 1. The first-order valence-corrected chi connectivity index (χ1v) is 5.90. The molecule has 96 valence electrons. The highest BCUT2D eigenvalue weighted by atomic mass is 32.1. The van der Waals surface area contributed by atoms with Gasteiger partial charge in [0.25, 0.3) is 0 Å². The summed E-state index contributed by atoms with van der Waals surface area (Å²) in [6, 6.07) is 5.53. The largest absolute Gasteiger partial charge is 0.493 e. The maximum Gasteiger partial charge on any atom is 0.227 e. The van der Waals surface area contributed by atoms with E-state index in [9.17, 15) is 4.79 Å². The number of nitrogens with zero attached hydrogens (tertiary/aromatic N) is 1. The van der Waals surface area contributed by atoms with Crippen LogP contribution in [-0.4, -0.2) is 31.8 Å². The van der Waals surface area contributed by atoms with Crippen LogP contribution in [0.3, 0.4) is 0 Å². The molecule has 6 heteroatoms. The first-order valence-electron chi connectivity index (χ1n) is 5.49. The van der Waals surface area contributed by atoms with E-state index in [0.29, 0.717) is 29.6 Å². The van der Waals surface area contributed by atoms with Crippen LogP contribution in [0.2, 0.25) is 0 Å². The van der Waals surface area contributed by atoms with Crippen molar-refractivity contribution < 1.29 is 14.3 Å². The van der Waals surface area contributed by atoms with E-state index in [-0.39, 0.29) is 5.91 Å². The number of hydrogen-bond donors (Lipinski definition) is 1. The van der Waals surface area contributed by atoms with Crippen LogP contribution >= 0.6 is 12.2 Å². The Labute approximate surface area is 111 Å². The number of carbonyl (C=O) groups is 1. The van der Waals surface area contributed by atoms with E-state index < -0.39 is 0 Å². The second kappa shape index (κ2) is 5.22. The lowest BCUT2D eigenvalue weighted by Gasteiger charge is -2.29. The van der Waals surface area contributed by atoms with Crippen molar-refractivity contribution in [1.82, 2.24) is 5.32 Å². The number of hydrogen-bond acceptors (Lipinski definition) is 4. The summed E-state index contributed by atoms with van der Waals surface area (Å²) in [6.07, 6.45) is 0.425. The third-order valence-corrected chi connectivity index (χ3v) is 3.06. The van der Waals surface area contributed by atoms with Crippen LogP contribution in [0.25, 0.3) is 0 Å². The Hall–Kier alpha value is -1.82. The van der Waals surface area contributed by atoms with Crippen molar-refractivity contribution in [3.63, 3.8) is 0 Å². The van der Waals surface area contributed by atoms with Crippen molar-refractivity contribution >= 4 is 28.9 Å². The fraction of sp³-hybridized carbons (Fsp3) is 0.333. The summed E-state index contributed by atoms with van der Waals surface area (Å²) in [4.78, 5) is 13.1. The minimum atomic E-state index is -0.0447. The molecule has 1 heterocycles. The summed E-state index contributed by atoms with van der Waals surface area (Å²) in [7, 11) is 3.17. The summed E-state index contributed by atoms with van der Waals surface area (Å²) in [6.45, 7) is 0.570. The van der Waals surface area contributed by atoms with Gasteiger partial charge in [0.05, 0.1) is 14.2 Å². The molecular weight excluding hydrogens is 252 g/mol. The molecule has 0 atom stereocenters. The molecule has 0 spiro atoms. The van der Waals surface area contributed by atoms with Gasteiger partial charge >= 0.3 is 0 Å². The van der Waals surface area contributed by atoms with Gasteiger partial charge in [-0.2, -0.15) is 0 Å². The quantitative estimate of drug-likeness (QED) is 0.836. The fourth-order valence-corrected chi connectivity index (χ4v) is 2.11. The third-order valence-electron chi connectivity index (χ3n) is 2.73. The van der Waals surface area contributed by atoms with Crippen molar-refractivity contribution in [3.8, 4) is 11.5 Å². The number of amides is 1. The normalized spacial score (nSPS) is 15.3. The molecule has 1 amide bonds. The summed E-state index contributed by atoms with van der Waals surface area (Å²) < 4.78 is 10.4. The highest BCUT2D eigenvalue weighted by Crippen LogP contribution is 2.31. The van der Waals surface area contributed by atoms with Crippen LogP contribution in [-0.2, 0) is 4.79 Å². The second-order valence-corrected chi connectivity index (χ2v) is 4.18. The highest BCUT2D eigenvalue weighted by Gasteiger charge is 2.21. The van der Waals surface area contributed by atoms with Crippen LogP contribution < -0.4 is 19.7 Å². The van der Waals surface area contributed by atoms with Gasteiger partial charge < -0.3 is 19.7 Å². The Balaban J connectivity index is 2.28. The Morgan fingerprint density at radius 2 is 2.00 bits per heavy atom. The van der Waals surface area contributed by atoms with Crippen molar-refractivity contribution in [2.24, 2.45) is 0 Å². The molecular formula is C12H14N2O3S. The van der Waals surface area contributed by atoms with Crippen LogP contribution in [0.5, 0.6) is 11.5 Å². The number of rotatable bonds is 3. The predicted molar refractivity (Wildman–Crippen MR) is 72.2 cm³/mol. The average Bonchev–Trinajstić information content (AvgIpc) is 2.38. The average molecular weight is 266 g/mol. The lowest BCUT2D eigenvalue weighted by Crippen LogP contribution is -2.49. The Bertz CT molecular complexity index is 490. The smallest absolute Gasteiger partial charge is 0.227 e. The molecule has 1 aromatic carbocycles. The topological polar surface area (TPSA) is 50.8 Å². The van der Waals surface area contributed by atoms with Gasteiger partial charge in [-0.05, 0) is 24.4 Å². The molecule has 1 aliphatic heterocycles. The Morgan fingerprint density at radius 1 is 1.28 bits per heavy atom. The second-order valence-electron chi connectivity index (χ2n) is 3.79. The van der Waals surface area contributed by atoms with E-state index in [4.69, 9.17) is 21.7 Å². The lowest BCUT2D eigenvalue weighted by atomic mass is 10.2. The molecule has 18 heavy (non-hydrogen) atoms. The van der Waals surface area contributed by atoms with Crippen LogP contribution in [0.4, 0.5) is 5.69 Å². The van der Waals surface area contributed by atoms with Crippen molar-refractivity contribution in [1.29, 1.82) is 0 Å². The van der Waals surface area contributed by atoms with E-state index in [0.717, 1.165) is 5.69 Å². The zero-order chi connectivity index (χ0) is 13.1. The van der Waals surface area contributed by atoms with Gasteiger partial charge in [0.15, 0.2) is 16.6 Å². The molecule has 0 bridgehead atoms. The number of ether oxygens (including phenoxy) is 2. The molecule has 5 nitrogen and oxygen atoms in total. The molecule has 1 fully saturated rings. The molecule has 2 rings (SSSR count). The van der Waals surface area contributed by atoms with Crippen LogP contribution in [0.15, 0.2) is 18.2 Å². The van der Waals surface area contributed by atoms with Gasteiger partial charge in [0, 0.05) is 24.7 Å². The first kappa shape index (κ1) is 12.6. The van der Waals surface area contributed by atoms with Gasteiger partial charge in [-0.3, -0.25) is 4.79 Å². The number of anilines is 1. The zero-order valence-electron chi connectivity index (χ0n) is 10.2. The van der Waals surface area contributed by atoms with E-state index in [1.807, 2.05) is 23.1 Å². The first-order chi connectivity index (χ1) is 8.65. The Morgan fingerprint density at radius 3 is 2.61 bits per heavy atom. The monoisotopic (exact) mass is 266 g/mol. The van der Waals surface area contributed by atoms with Gasteiger partial charge in [0.1, 0.15) is 0 Å².